The highest BCUT2D eigenvalue weighted by Crippen LogP contribution is 2.34. The summed E-state index contributed by atoms with van der Waals surface area (Å²) in [5.41, 5.74) is 0.678. The fourth-order valence-corrected chi connectivity index (χ4v) is 2.75. The SMILES string of the molecule is CC(F)(F)F.COC.N#CN1CCC(NC(=O)c2nnc(-c3ccccc3OC3CC3)o2)C1. The van der Waals surface area contributed by atoms with Gasteiger partial charge < -0.3 is 24.1 Å². The first-order valence-electron chi connectivity index (χ1n) is 10.2. The molecule has 9 nitrogen and oxygen atoms in total. The van der Waals surface area contributed by atoms with E-state index in [1.807, 2.05) is 24.3 Å². The monoisotopic (exact) mass is 469 g/mol. The second-order valence-corrected chi connectivity index (χ2v) is 7.42. The Balaban J connectivity index is 0.000000420. The molecule has 0 spiro atoms. The number of alkyl halides is 3. The van der Waals surface area contributed by atoms with Crippen LogP contribution in [0.25, 0.3) is 11.5 Å². The van der Waals surface area contributed by atoms with Gasteiger partial charge in [0.15, 0.2) is 6.19 Å². The first kappa shape index (κ1) is 25.9. The largest absolute Gasteiger partial charge is 0.490 e. The van der Waals surface area contributed by atoms with E-state index in [-0.39, 0.29) is 30.9 Å². The molecule has 1 saturated heterocycles. The molecule has 180 valence electrons. The third-order valence-electron chi connectivity index (χ3n) is 4.22. The van der Waals surface area contributed by atoms with E-state index in [0.717, 1.165) is 19.3 Å². The Morgan fingerprint density at radius 2 is 1.88 bits per heavy atom. The summed E-state index contributed by atoms with van der Waals surface area (Å²) in [6.07, 6.45) is 1.14. The average Bonchev–Trinajstić information content (AvgIpc) is 3.24. The minimum absolute atomic E-state index is 0.0898. The Bertz CT molecular complexity index is 934. The van der Waals surface area contributed by atoms with Crippen LogP contribution in [0, 0.1) is 11.5 Å². The number of hydrogen-bond acceptors (Lipinski definition) is 8. The predicted molar refractivity (Wildman–Crippen MR) is 111 cm³/mol. The van der Waals surface area contributed by atoms with Crippen molar-refractivity contribution in [3.05, 3.63) is 30.2 Å². The van der Waals surface area contributed by atoms with E-state index in [4.69, 9.17) is 14.4 Å². The zero-order valence-electron chi connectivity index (χ0n) is 18.6. The zero-order chi connectivity index (χ0) is 24.4. The maximum absolute atomic E-state index is 12.3. The third-order valence-corrected chi connectivity index (χ3v) is 4.22. The quantitative estimate of drug-likeness (QED) is 0.663. The summed E-state index contributed by atoms with van der Waals surface area (Å²) in [4.78, 5) is 13.9. The fraction of sp³-hybridized carbons (Fsp3) is 0.524. The molecule has 2 aliphatic rings. The predicted octanol–water partition coefficient (Wildman–Crippen LogP) is 3.39. The molecule has 0 radical (unpaired) electrons. The van der Waals surface area contributed by atoms with Crippen molar-refractivity contribution in [2.24, 2.45) is 0 Å². The number of carbonyl (C=O) groups excluding carboxylic acids is 1. The third kappa shape index (κ3) is 9.36. The first-order valence-corrected chi connectivity index (χ1v) is 10.2. The Labute approximate surface area is 189 Å². The van der Waals surface area contributed by atoms with Crippen molar-refractivity contribution in [3.63, 3.8) is 0 Å². The maximum atomic E-state index is 12.3. The van der Waals surface area contributed by atoms with Gasteiger partial charge >= 0.3 is 18.0 Å². The second kappa shape index (κ2) is 12.1. The number of nitrogens with one attached hydrogen (secondary N) is 1. The highest BCUT2D eigenvalue weighted by atomic mass is 19.4. The molecular formula is C21H26F3N5O4. The van der Waals surface area contributed by atoms with Gasteiger partial charge in [-0.15, -0.1) is 10.2 Å². The van der Waals surface area contributed by atoms with Crippen molar-refractivity contribution in [1.29, 1.82) is 5.26 Å². The number of ether oxygens (including phenoxy) is 2. The molecule has 1 aromatic carbocycles. The van der Waals surface area contributed by atoms with E-state index < -0.39 is 12.1 Å². The smallest absolute Gasteiger partial charge is 0.386 e. The molecule has 1 saturated carbocycles. The molecule has 1 unspecified atom stereocenters. The molecule has 12 heteroatoms. The van der Waals surface area contributed by atoms with Crippen LogP contribution in [0.5, 0.6) is 5.75 Å². The van der Waals surface area contributed by atoms with Crippen LogP contribution in [0.15, 0.2) is 28.7 Å². The standard InChI is InChI=1S/C17H17N5O3.C2H3F3.C2H6O/c18-10-22-8-7-11(9-22)19-15(23)17-21-20-16(25-17)13-3-1-2-4-14(13)24-12-5-6-12;1-2(3,4)5;1-3-2/h1-4,11-12H,5-9H2,(H,19,23);1H3;1-2H3. The van der Waals surface area contributed by atoms with E-state index in [9.17, 15) is 18.0 Å². The maximum Gasteiger partial charge on any atom is 0.386 e. The van der Waals surface area contributed by atoms with Crippen molar-refractivity contribution in [1.82, 2.24) is 20.4 Å². The van der Waals surface area contributed by atoms with E-state index in [1.165, 1.54) is 0 Å². The number of likely N-dealkylation sites (tertiary alicyclic amines) is 1. The number of halogens is 3. The van der Waals surface area contributed by atoms with Crippen molar-refractivity contribution in [2.75, 3.05) is 27.3 Å². The van der Waals surface area contributed by atoms with Crippen LogP contribution in [0.2, 0.25) is 0 Å². The van der Waals surface area contributed by atoms with Gasteiger partial charge in [0.2, 0.25) is 0 Å². The van der Waals surface area contributed by atoms with Crippen LogP contribution in [0.4, 0.5) is 13.2 Å². The number of hydrogen-bond donors (Lipinski definition) is 1. The van der Waals surface area contributed by atoms with E-state index >= 15 is 0 Å². The zero-order valence-corrected chi connectivity index (χ0v) is 18.6. The lowest BCUT2D eigenvalue weighted by atomic mass is 10.2. The highest BCUT2D eigenvalue weighted by molar-refractivity contribution is 5.90. The van der Waals surface area contributed by atoms with Gasteiger partial charge in [0.1, 0.15) is 5.75 Å². The summed E-state index contributed by atoms with van der Waals surface area (Å²) < 4.78 is 46.7. The van der Waals surface area contributed by atoms with Crippen LogP contribution in [-0.4, -0.2) is 66.6 Å². The lowest BCUT2D eigenvalue weighted by Gasteiger charge is -2.10. The molecule has 33 heavy (non-hydrogen) atoms. The average molecular weight is 469 g/mol. The van der Waals surface area contributed by atoms with E-state index in [0.29, 0.717) is 24.4 Å². The molecule has 1 amide bonds. The number of nitriles is 1. The summed E-state index contributed by atoms with van der Waals surface area (Å²) >= 11 is 0. The van der Waals surface area contributed by atoms with Crippen LogP contribution >= 0.6 is 0 Å². The number of aromatic nitrogens is 2. The molecule has 1 aliphatic heterocycles. The summed E-state index contributed by atoms with van der Waals surface area (Å²) in [7, 11) is 3.25. The summed E-state index contributed by atoms with van der Waals surface area (Å²) in [5, 5.41) is 19.5. The Hall–Kier alpha value is -3.33. The molecule has 1 N–H and O–H groups in total. The van der Waals surface area contributed by atoms with Crippen LogP contribution in [-0.2, 0) is 4.74 Å². The molecule has 0 bridgehead atoms. The van der Waals surface area contributed by atoms with Gasteiger partial charge in [-0.1, -0.05) is 12.1 Å². The second-order valence-electron chi connectivity index (χ2n) is 7.42. The van der Waals surface area contributed by atoms with Gasteiger partial charge in [-0.05, 0) is 31.4 Å². The molecule has 1 aliphatic carbocycles. The molecule has 2 fully saturated rings. The normalized spacial score (nSPS) is 17.1. The van der Waals surface area contributed by atoms with Crippen molar-refractivity contribution < 1.29 is 31.9 Å². The van der Waals surface area contributed by atoms with Gasteiger partial charge in [0.05, 0.1) is 11.7 Å². The molecular weight excluding hydrogens is 443 g/mol. The summed E-state index contributed by atoms with van der Waals surface area (Å²) in [6.45, 7) is 1.33. The Kier molecular flexibility index (Phi) is 9.47. The first-order chi connectivity index (χ1) is 15.6. The van der Waals surface area contributed by atoms with E-state index in [2.05, 4.69) is 26.4 Å². The number of para-hydroxylation sites is 1. The van der Waals surface area contributed by atoms with Gasteiger partial charge in [0.25, 0.3) is 5.89 Å². The van der Waals surface area contributed by atoms with Crippen molar-refractivity contribution in [3.8, 4) is 23.4 Å². The summed E-state index contributed by atoms with van der Waals surface area (Å²) in [5.74, 6) is 0.420. The molecule has 1 aromatic heterocycles. The van der Waals surface area contributed by atoms with Gasteiger partial charge in [0, 0.05) is 40.3 Å². The van der Waals surface area contributed by atoms with Gasteiger partial charge in [-0.2, -0.15) is 18.4 Å². The number of benzene rings is 1. The number of amides is 1. The molecule has 1 atom stereocenters. The minimum Gasteiger partial charge on any atom is -0.490 e. The topological polar surface area (TPSA) is 114 Å². The number of rotatable bonds is 5. The summed E-state index contributed by atoms with van der Waals surface area (Å²) in [6, 6.07) is 7.33. The number of methoxy groups -OCH3 is 1. The molecule has 4 rings (SSSR count). The molecule has 2 heterocycles. The van der Waals surface area contributed by atoms with Gasteiger partial charge in [-0.25, -0.2) is 0 Å². The van der Waals surface area contributed by atoms with Crippen LogP contribution in [0.3, 0.4) is 0 Å². The van der Waals surface area contributed by atoms with E-state index in [1.54, 1.807) is 19.1 Å². The number of carbonyl (C=O) groups is 1. The minimum atomic E-state index is -4.00. The van der Waals surface area contributed by atoms with Crippen molar-refractivity contribution >= 4 is 5.91 Å². The number of nitrogens with zero attached hydrogens (tertiary/aromatic N) is 4. The fourth-order valence-electron chi connectivity index (χ4n) is 2.75. The lowest BCUT2D eigenvalue weighted by molar-refractivity contribution is -0.110. The van der Waals surface area contributed by atoms with Crippen LogP contribution < -0.4 is 10.1 Å². The lowest BCUT2D eigenvalue weighted by Crippen LogP contribution is -2.36. The Morgan fingerprint density at radius 3 is 2.45 bits per heavy atom. The van der Waals surface area contributed by atoms with Gasteiger partial charge in [-0.3, -0.25) is 4.79 Å². The highest BCUT2D eigenvalue weighted by Gasteiger charge is 2.27. The van der Waals surface area contributed by atoms with Crippen LogP contribution in [0.1, 0.15) is 36.9 Å². The Morgan fingerprint density at radius 1 is 1.24 bits per heavy atom. The molecule has 2 aromatic rings. The van der Waals surface area contributed by atoms with Crippen molar-refractivity contribution in [2.45, 2.75) is 44.5 Å².